The summed E-state index contributed by atoms with van der Waals surface area (Å²) in [5, 5.41) is 2.44. The van der Waals surface area contributed by atoms with Crippen LogP contribution < -0.4 is 5.32 Å². The monoisotopic (exact) mass is 663 g/mol. The summed E-state index contributed by atoms with van der Waals surface area (Å²) >= 11 is 18.6. The lowest BCUT2D eigenvalue weighted by Crippen LogP contribution is -2.18. The molecule has 3 aromatic carbocycles. The summed E-state index contributed by atoms with van der Waals surface area (Å²) < 4.78 is 80.9. The average Bonchev–Trinajstić information content (AvgIpc) is 3.50. The zero-order chi connectivity index (χ0) is 32.0. The number of alkyl halides is 5. The molecule has 1 aliphatic carbocycles. The van der Waals surface area contributed by atoms with Crippen LogP contribution in [0.5, 0.6) is 0 Å². The molecule has 0 aliphatic heterocycles. The van der Waals surface area contributed by atoms with Crippen LogP contribution >= 0.6 is 34.8 Å². The highest BCUT2D eigenvalue weighted by atomic mass is 35.5. The molecule has 43 heavy (non-hydrogen) atoms. The van der Waals surface area contributed by atoms with Crippen LogP contribution in [-0.2, 0) is 28.6 Å². The van der Waals surface area contributed by atoms with Gasteiger partial charge in [0.25, 0.3) is 0 Å². The second kappa shape index (κ2) is 12.1. The van der Waals surface area contributed by atoms with Crippen molar-refractivity contribution in [3.63, 3.8) is 0 Å². The van der Waals surface area contributed by atoms with Gasteiger partial charge < -0.3 is 5.32 Å². The van der Waals surface area contributed by atoms with Gasteiger partial charge in [-0.05, 0) is 47.5 Å². The Hall–Kier alpha value is -3.08. The second-order valence-electron chi connectivity index (χ2n) is 10.4. The molecule has 0 saturated heterocycles. The third-order valence-corrected chi connectivity index (χ3v) is 8.41. The van der Waals surface area contributed by atoms with Gasteiger partial charge in [-0.15, -0.1) is 23.2 Å². The number of rotatable bonds is 9. The van der Waals surface area contributed by atoms with E-state index < -0.39 is 81.4 Å². The molecule has 0 aromatic heterocycles. The zero-order valence-electron chi connectivity index (χ0n) is 22.4. The number of anilines is 1. The van der Waals surface area contributed by atoms with Crippen molar-refractivity contribution in [2.75, 3.05) is 5.32 Å². The first-order chi connectivity index (χ1) is 19.9. The van der Waals surface area contributed by atoms with Gasteiger partial charge in [-0.1, -0.05) is 37.6 Å². The standard InChI is InChI=1S/C30H22Cl3F6NO3/c1-13(2)23(41)12-18-21(34)7-4-15(27(18)36)10-24(42)17-11-16(5-6-20(17)31)40-28(43)26-25(29(26,32)33)14-3-8-22(35)19(9-14)30(37,38)39/h3-9,11,13,25-26H,10,12H2,1-2H3,(H,40,43)/t25-,26+/m0/s1. The molecule has 1 amide bonds. The van der Waals surface area contributed by atoms with Gasteiger partial charge >= 0.3 is 6.18 Å². The Balaban J connectivity index is 1.53. The SMILES string of the molecule is CC(C)C(=O)Cc1c(F)ccc(CC(=O)c2cc(NC(=O)[C@H]3[C@H](c4ccc(F)c(C(F)(F)F)c4)C3(Cl)Cl)ccc2Cl)c1F. The molecule has 228 valence electrons. The van der Waals surface area contributed by atoms with Crippen molar-refractivity contribution in [3.05, 3.63) is 98.8 Å². The molecule has 1 fully saturated rings. The minimum atomic E-state index is -4.98. The Kier molecular flexibility index (Phi) is 9.26. The molecule has 2 atom stereocenters. The minimum absolute atomic E-state index is 0.0416. The van der Waals surface area contributed by atoms with Crippen molar-refractivity contribution < 1.29 is 40.7 Å². The van der Waals surface area contributed by atoms with Crippen molar-refractivity contribution in [2.24, 2.45) is 11.8 Å². The number of Topliss-reactive ketones (excluding diaryl/α,β-unsaturated/α-hetero) is 2. The van der Waals surface area contributed by atoms with Crippen molar-refractivity contribution in [3.8, 4) is 0 Å². The maximum Gasteiger partial charge on any atom is 0.419 e. The predicted octanol–water partition coefficient (Wildman–Crippen LogP) is 8.50. The van der Waals surface area contributed by atoms with E-state index in [1.165, 1.54) is 18.2 Å². The maximum atomic E-state index is 15.1. The average molecular weight is 665 g/mol. The van der Waals surface area contributed by atoms with Crippen LogP contribution in [0.3, 0.4) is 0 Å². The quantitative estimate of drug-likeness (QED) is 0.142. The molecule has 0 bridgehead atoms. The fourth-order valence-electron chi connectivity index (χ4n) is 4.65. The summed E-state index contributed by atoms with van der Waals surface area (Å²) in [5.41, 5.74) is -2.32. The predicted molar refractivity (Wildman–Crippen MR) is 150 cm³/mol. The normalized spacial score (nSPS) is 17.6. The molecule has 3 aromatic rings. The first-order valence-electron chi connectivity index (χ1n) is 12.8. The van der Waals surface area contributed by atoms with Crippen molar-refractivity contribution in [1.29, 1.82) is 0 Å². The molecule has 0 unspecified atom stereocenters. The van der Waals surface area contributed by atoms with Gasteiger partial charge in [0.1, 0.15) is 27.6 Å². The molecular formula is C30H22Cl3F6NO3. The van der Waals surface area contributed by atoms with E-state index in [2.05, 4.69) is 5.32 Å². The molecular weight excluding hydrogens is 643 g/mol. The van der Waals surface area contributed by atoms with E-state index in [9.17, 15) is 36.3 Å². The Morgan fingerprint density at radius 3 is 2.21 bits per heavy atom. The summed E-state index contributed by atoms with van der Waals surface area (Å²) in [6.07, 6.45) is -6.01. The van der Waals surface area contributed by atoms with Crippen LogP contribution in [0.15, 0.2) is 48.5 Å². The number of hydrogen-bond donors (Lipinski definition) is 1. The summed E-state index contributed by atoms with van der Waals surface area (Å²) in [6.45, 7) is 3.19. The Morgan fingerprint density at radius 1 is 0.930 bits per heavy atom. The van der Waals surface area contributed by atoms with Crippen LogP contribution in [0.4, 0.5) is 32.0 Å². The van der Waals surface area contributed by atoms with Crippen LogP contribution in [0.2, 0.25) is 5.02 Å². The van der Waals surface area contributed by atoms with E-state index in [-0.39, 0.29) is 33.2 Å². The Labute approximate surface area is 257 Å². The number of carbonyl (C=O) groups excluding carboxylic acids is 3. The van der Waals surface area contributed by atoms with E-state index in [0.29, 0.717) is 12.1 Å². The largest absolute Gasteiger partial charge is 0.419 e. The molecule has 13 heteroatoms. The van der Waals surface area contributed by atoms with Crippen molar-refractivity contribution in [2.45, 2.75) is 43.1 Å². The fraction of sp³-hybridized carbons (Fsp3) is 0.300. The first kappa shape index (κ1) is 32.8. The van der Waals surface area contributed by atoms with E-state index in [1.54, 1.807) is 13.8 Å². The summed E-state index contributed by atoms with van der Waals surface area (Å²) in [4.78, 5) is 38.2. The van der Waals surface area contributed by atoms with Gasteiger partial charge in [0.2, 0.25) is 5.91 Å². The lowest BCUT2D eigenvalue weighted by atomic mass is 9.95. The molecule has 1 saturated carbocycles. The molecule has 0 heterocycles. The molecule has 0 spiro atoms. The number of carbonyl (C=O) groups is 3. The number of hydrogen-bond acceptors (Lipinski definition) is 3. The number of amides is 1. The van der Waals surface area contributed by atoms with Gasteiger partial charge in [0.15, 0.2) is 5.78 Å². The van der Waals surface area contributed by atoms with Crippen LogP contribution in [-0.4, -0.2) is 21.8 Å². The lowest BCUT2D eigenvalue weighted by Gasteiger charge is -2.12. The molecule has 0 radical (unpaired) electrons. The third-order valence-electron chi connectivity index (χ3n) is 7.14. The Morgan fingerprint density at radius 2 is 1.58 bits per heavy atom. The van der Waals surface area contributed by atoms with E-state index in [0.717, 1.165) is 18.2 Å². The van der Waals surface area contributed by atoms with Gasteiger partial charge in [0.05, 0.1) is 16.5 Å². The molecule has 4 nitrogen and oxygen atoms in total. The van der Waals surface area contributed by atoms with Gasteiger partial charge in [-0.25, -0.2) is 13.2 Å². The maximum absolute atomic E-state index is 15.1. The highest BCUT2D eigenvalue weighted by Gasteiger charge is 2.67. The molecule has 1 aliphatic rings. The topological polar surface area (TPSA) is 63.2 Å². The van der Waals surface area contributed by atoms with Gasteiger partial charge in [-0.3, -0.25) is 14.4 Å². The summed E-state index contributed by atoms with van der Waals surface area (Å²) in [5.74, 6) is -8.09. The number of halogens is 9. The van der Waals surface area contributed by atoms with Crippen LogP contribution in [0, 0.1) is 29.3 Å². The van der Waals surface area contributed by atoms with Crippen molar-refractivity contribution >= 4 is 58.0 Å². The first-order valence-corrected chi connectivity index (χ1v) is 13.9. The summed E-state index contributed by atoms with van der Waals surface area (Å²) in [6, 6.07) is 8.08. The minimum Gasteiger partial charge on any atom is -0.326 e. The van der Waals surface area contributed by atoms with E-state index in [1.807, 2.05) is 0 Å². The summed E-state index contributed by atoms with van der Waals surface area (Å²) in [7, 11) is 0. The van der Waals surface area contributed by atoms with Crippen LogP contribution in [0.1, 0.15) is 52.4 Å². The number of nitrogens with one attached hydrogen (secondary N) is 1. The smallest absolute Gasteiger partial charge is 0.326 e. The van der Waals surface area contributed by atoms with E-state index >= 15 is 4.39 Å². The molecule has 1 N–H and O–H groups in total. The Bertz CT molecular complexity index is 1620. The zero-order valence-corrected chi connectivity index (χ0v) is 24.7. The highest BCUT2D eigenvalue weighted by molar-refractivity contribution is 6.53. The van der Waals surface area contributed by atoms with E-state index in [4.69, 9.17) is 34.8 Å². The number of benzene rings is 3. The third kappa shape index (κ3) is 6.86. The van der Waals surface area contributed by atoms with Crippen LogP contribution in [0.25, 0.3) is 0 Å². The fourth-order valence-corrected chi connectivity index (χ4v) is 5.70. The lowest BCUT2D eigenvalue weighted by molar-refractivity contribution is -0.140. The van der Waals surface area contributed by atoms with Gasteiger partial charge in [0, 0.05) is 41.5 Å². The number of ketones is 2. The van der Waals surface area contributed by atoms with Gasteiger partial charge in [-0.2, -0.15) is 13.2 Å². The second-order valence-corrected chi connectivity index (χ2v) is 12.3. The molecule has 4 rings (SSSR count). The highest BCUT2D eigenvalue weighted by Crippen LogP contribution is 2.65. The van der Waals surface area contributed by atoms with Crippen molar-refractivity contribution in [1.82, 2.24) is 0 Å².